The zero-order valence-corrected chi connectivity index (χ0v) is 21.7. The number of benzene rings is 3. The van der Waals surface area contributed by atoms with Crippen LogP contribution < -0.4 is 0 Å². The van der Waals surface area contributed by atoms with Crippen molar-refractivity contribution in [2.45, 2.75) is 30.7 Å². The van der Waals surface area contributed by atoms with Crippen LogP contribution in [0, 0.1) is 0 Å². The van der Waals surface area contributed by atoms with Gasteiger partial charge < -0.3 is 14.5 Å². The van der Waals surface area contributed by atoms with E-state index in [1.165, 1.54) is 11.8 Å². The Morgan fingerprint density at radius 3 is 2.14 bits per heavy atom. The summed E-state index contributed by atoms with van der Waals surface area (Å²) in [7, 11) is 0. The lowest BCUT2D eigenvalue weighted by atomic mass is 10.1. The molecule has 0 atom stereocenters. The van der Waals surface area contributed by atoms with E-state index in [4.69, 9.17) is 4.74 Å². The Labute approximate surface area is 222 Å². The van der Waals surface area contributed by atoms with Crippen molar-refractivity contribution in [2.75, 3.05) is 32.0 Å². The second kappa shape index (κ2) is 13.7. The van der Waals surface area contributed by atoms with E-state index >= 15 is 0 Å². The van der Waals surface area contributed by atoms with Crippen LogP contribution in [0.5, 0.6) is 0 Å². The predicted molar refractivity (Wildman–Crippen MR) is 145 cm³/mol. The molecule has 1 heterocycles. The third-order valence-corrected chi connectivity index (χ3v) is 7.38. The molecule has 0 N–H and O–H groups in total. The Bertz CT molecular complexity index is 1180. The van der Waals surface area contributed by atoms with Gasteiger partial charge in [0.25, 0.3) is 5.91 Å². The number of rotatable bonds is 11. The van der Waals surface area contributed by atoms with Gasteiger partial charge in [-0.2, -0.15) is 0 Å². The smallest absolute Gasteiger partial charge is 0.339 e. The molecule has 1 saturated heterocycles. The Morgan fingerprint density at radius 1 is 0.811 bits per heavy atom. The SMILES string of the molecule is O=C(OCC(=O)N(CCc1ccccc1)Cc1ccccc1)c1ccccc1SCC(=O)N1CCCC1. The largest absolute Gasteiger partial charge is 0.452 e. The molecular formula is C30H32N2O4S. The summed E-state index contributed by atoms with van der Waals surface area (Å²) in [6, 6.07) is 26.8. The summed E-state index contributed by atoms with van der Waals surface area (Å²) in [6.45, 7) is 2.21. The summed E-state index contributed by atoms with van der Waals surface area (Å²) in [5.74, 6) is -0.459. The Balaban J connectivity index is 1.36. The van der Waals surface area contributed by atoms with Crippen molar-refractivity contribution in [1.29, 1.82) is 0 Å². The molecule has 1 aliphatic heterocycles. The topological polar surface area (TPSA) is 66.9 Å². The van der Waals surface area contributed by atoms with Gasteiger partial charge in [0.05, 0.1) is 11.3 Å². The number of likely N-dealkylation sites (tertiary alicyclic amines) is 1. The van der Waals surface area contributed by atoms with Crippen molar-refractivity contribution >= 4 is 29.5 Å². The van der Waals surface area contributed by atoms with E-state index < -0.39 is 5.97 Å². The lowest BCUT2D eigenvalue weighted by molar-refractivity contribution is -0.135. The van der Waals surface area contributed by atoms with Crippen LogP contribution in [0.15, 0.2) is 89.8 Å². The summed E-state index contributed by atoms with van der Waals surface area (Å²) in [6.07, 6.45) is 2.79. The van der Waals surface area contributed by atoms with E-state index in [1.807, 2.05) is 77.7 Å². The Morgan fingerprint density at radius 2 is 1.43 bits per heavy atom. The van der Waals surface area contributed by atoms with Crippen LogP contribution in [0.1, 0.15) is 34.3 Å². The van der Waals surface area contributed by atoms with Gasteiger partial charge in [-0.3, -0.25) is 9.59 Å². The summed E-state index contributed by atoms with van der Waals surface area (Å²) < 4.78 is 5.47. The van der Waals surface area contributed by atoms with Crippen molar-refractivity contribution in [3.63, 3.8) is 0 Å². The molecule has 6 nitrogen and oxygen atoms in total. The molecule has 1 fully saturated rings. The van der Waals surface area contributed by atoms with Gasteiger partial charge in [0.1, 0.15) is 0 Å². The maximum Gasteiger partial charge on any atom is 0.339 e. The molecule has 192 valence electrons. The Hall–Kier alpha value is -3.58. The highest BCUT2D eigenvalue weighted by Gasteiger charge is 2.21. The quantitative estimate of drug-likeness (QED) is 0.270. The highest BCUT2D eigenvalue weighted by atomic mass is 32.2. The first-order valence-electron chi connectivity index (χ1n) is 12.6. The fourth-order valence-corrected chi connectivity index (χ4v) is 5.20. The van der Waals surface area contributed by atoms with Gasteiger partial charge in [0.2, 0.25) is 5.91 Å². The molecule has 2 amide bonds. The van der Waals surface area contributed by atoms with E-state index in [2.05, 4.69) is 0 Å². The number of ether oxygens (including phenoxy) is 1. The highest BCUT2D eigenvalue weighted by molar-refractivity contribution is 8.00. The van der Waals surface area contributed by atoms with Crippen molar-refractivity contribution in [3.8, 4) is 0 Å². The van der Waals surface area contributed by atoms with Gasteiger partial charge in [-0.1, -0.05) is 72.8 Å². The first-order valence-corrected chi connectivity index (χ1v) is 13.6. The summed E-state index contributed by atoms with van der Waals surface area (Å²) >= 11 is 1.33. The summed E-state index contributed by atoms with van der Waals surface area (Å²) in [5.41, 5.74) is 2.52. The summed E-state index contributed by atoms with van der Waals surface area (Å²) in [5, 5.41) is 0. The maximum absolute atomic E-state index is 13.1. The molecular weight excluding hydrogens is 484 g/mol. The van der Waals surface area contributed by atoms with Gasteiger partial charge in [0.15, 0.2) is 6.61 Å². The average molecular weight is 517 g/mol. The van der Waals surface area contributed by atoms with Crippen LogP contribution in [0.25, 0.3) is 0 Å². The highest BCUT2D eigenvalue weighted by Crippen LogP contribution is 2.24. The molecule has 0 saturated carbocycles. The van der Waals surface area contributed by atoms with E-state index in [0.717, 1.165) is 37.1 Å². The van der Waals surface area contributed by atoms with Crippen LogP contribution in [0.3, 0.4) is 0 Å². The molecule has 0 spiro atoms. The van der Waals surface area contributed by atoms with Crippen LogP contribution in [-0.2, 0) is 27.3 Å². The van der Waals surface area contributed by atoms with Gasteiger partial charge in [-0.05, 0) is 42.5 Å². The maximum atomic E-state index is 13.1. The monoisotopic (exact) mass is 516 g/mol. The summed E-state index contributed by atoms with van der Waals surface area (Å²) in [4.78, 5) is 42.8. The fourth-order valence-electron chi connectivity index (χ4n) is 4.26. The van der Waals surface area contributed by atoms with Gasteiger partial charge in [-0.15, -0.1) is 11.8 Å². The van der Waals surface area contributed by atoms with Crippen molar-refractivity contribution in [2.24, 2.45) is 0 Å². The zero-order valence-electron chi connectivity index (χ0n) is 20.9. The van der Waals surface area contributed by atoms with Crippen LogP contribution >= 0.6 is 11.8 Å². The molecule has 3 aromatic rings. The van der Waals surface area contributed by atoms with Gasteiger partial charge >= 0.3 is 5.97 Å². The number of hydrogen-bond donors (Lipinski definition) is 0. The lowest BCUT2D eigenvalue weighted by Gasteiger charge is -2.23. The lowest BCUT2D eigenvalue weighted by Crippen LogP contribution is -2.36. The van der Waals surface area contributed by atoms with Crippen molar-refractivity contribution in [3.05, 3.63) is 102 Å². The van der Waals surface area contributed by atoms with E-state index in [1.54, 1.807) is 17.0 Å². The standard InChI is InChI=1S/C30H32N2O4S/c33-28(32(21-25-13-5-2-6-14-25)20-17-24-11-3-1-4-12-24)22-36-30(35)26-15-7-8-16-27(26)37-23-29(34)31-18-9-10-19-31/h1-8,11-16H,9-10,17-23H2. The third kappa shape index (κ3) is 7.95. The molecule has 3 aromatic carbocycles. The van der Waals surface area contributed by atoms with Crippen LogP contribution in [-0.4, -0.2) is 59.6 Å². The predicted octanol–water partition coefficient (Wildman–Crippen LogP) is 4.83. The molecule has 0 bridgehead atoms. The van der Waals surface area contributed by atoms with Gasteiger partial charge in [0, 0.05) is 31.1 Å². The molecule has 0 radical (unpaired) electrons. The van der Waals surface area contributed by atoms with Crippen LogP contribution in [0.4, 0.5) is 0 Å². The number of amides is 2. The first-order chi connectivity index (χ1) is 18.1. The minimum Gasteiger partial charge on any atom is -0.452 e. The molecule has 37 heavy (non-hydrogen) atoms. The minimum atomic E-state index is -0.562. The molecule has 7 heteroatoms. The van der Waals surface area contributed by atoms with Crippen molar-refractivity contribution in [1.82, 2.24) is 9.80 Å². The number of carbonyl (C=O) groups is 3. The Kier molecular flexibility index (Phi) is 9.77. The van der Waals surface area contributed by atoms with E-state index in [9.17, 15) is 14.4 Å². The normalized spacial score (nSPS) is 12.8. The second-order valence-corrected chi connectivity index (χ2v) is 10.0. The number of carbonyl (C=O) groups excluding carboxylic acids is 3. The zero-order chi connectivity index (χ0) is 25.9. The van der Waals surface area contributed by atoms with Gasteiger partial charge in [-0.25, -0.2) is 4.79 Å². The molecule has 1 aliphatic rings. The second-order valence-electron chi connectivity index (χ2n) is 8.99. The molecule has 4 rings (SSSR count). The fraction of sp³-hybridized carbons (Fsp3) is 0.300. The number of thioether (sulfide) groups is 1. The average Bonchev–Trinajstić information content (AvgIpc) is 3.49. The first kappa shape index (κ1) is 26.5. The number of esters is 1. The van der Waals surface area contributed by atoms with E-state index in [-0.39, 0.29) is 24.2 Å². The molecule has 0 aliphatic carbocycles. The van der Waals surface area contributed by atoms with Crippen molar-refractivity contribution < 1.29 is 19.1 Å². The van der Waals surface area contributed by atoms with Crippen LogP contribution in [0.2, 0.25) is 0 Å². The molecule has 0 aromatic heterocycles. The molecule has 0 unspecified atom stereocenters. The minimum absolute atomic E-state index is 0.0795. The number of nitrogens with zero attached hydrogens (tertiary/aromatic N) is 2. The van der Waals surface area contributed by atoms with E-state index in [0.29, 0.717) is 30.0 Å². The third-order valence-electron chi connectivity index (χ3n) is 6.33. The number of hydrogen-bond acceptors (Lipinski definition) is 5.